The fourth-order valence-corrected chi connectivity index (χ4v) is 6.05. The lowest BCUT2D eigenvalue weighted by Crippen LogP contribution is -2.42. The van der Waals surface area contributed by atoms with Crippen molar-refractivity contribution in [1.29, 1.82) is 0 Å². The fraction of sp³-hybridized carbons (Fsp3) is 0.200. The summed E-state index contributed by atoms with van der Waals surface area (Å²) in [6, 6.07) is 41.8. The maximum atomic E-state index is 2.49. The van der Waals surface area contributed by atoms with Crippen molar-refractivity contribution in [2.24, 2.45) is 0 Å². The molecule has 0 aliphatic carbocycles. The summed E-state index contributed by atoms with van der Waals surface area (Å²) in [5.74, 6) is 0. The Hall–Kier alpha value is -3.88. The first-order chi connectivity index (χ1) is 17.8. The van der Waals surface area contributed by atoms with E-state index in [0.29, 0.717) is 0 Å². The van der Waals surface area contributed by atoms with Crippen molar-refractivity contribution in [3.8, 4) is 11.1 Å². The highest BCUT2D eigenvalue weighted by atomic mass is 15.2. The van der Waals surface area contributed by atoms with Gasteiger partial charge in [0.25, 0.3) is 0 Å². The summed E-state index contributed by atoms with van der Waals surface area (Å²) in [7, 11) is 2.24. The van der Waals surface area contributed by atoms with Crippen molar-refractivity contribution in [3.05, 3.63) is 126 Å². The summed E-state index contributed by atoms with van der Waals surface area (Å²) in [4.78, 5) is 4.87. The second-order valence-corrected chi connectivity index (χ2v) is 11.2. The highest BCUT2D eigenvalue weighted by molar-refractivity contribution is 6.02. The number of fused-ring (bicyclic) bond motifs is 2. The monoisotopic (exact) mass is 482 g/mol. The van der Waals surface area contributed by atoms with Crippen molar-refractivity contribution in [2.75, 3.05) is 11.9 Å². The molecule has 37 heavy (non-hydrogen) atoms. The van der Waals surface area contributed by atoms with Crippen LogP contribution in [0.2, 0.25) is 0 Å². The predicted octanol–water partition coefficient (Wildman–Crippen LogP) is 9.39. The second kappa shape index (κ2) is 8.61. The highest BCUT2D eigenvalue weighted by Crippen LogP contribution is 2.49. The minimum Gasteiger partial charge on any atom is -0.310 e. The van der Waals surface area contributed by atoms with Crippen LogP contribution >= 0.6 is 0 Å². The van der Waals surface area contributed by atoms with Crippen LogP contribution in [0.5, 0.6) is 0 Å². The van der Waals surface area contributed by atoms with Gasteiger partial charge < -0.3 is 4.90 Å². The van der Waals surface area contributed by atoms with Crippen LogP contribution in [0.4, 0.5) is 17.1 Å². The van der Waals surface area contributed by atoms with Crippen LogP contribution in [0, 0.1) is 0 Å². The van der Waals surface area contributed by atoms with E-state index in [0.717, 1.165) is 11.4 Å². The third kappa shape index (κ3) is 3.75. The van der Waals surface area contributed by atoms with Gasteiger partial charge in [-0.15, -0.1) is 0 Å². The molecule has 2 heteroatoms. The lowest BCUT2D eigenvalue weighted by Gasteiger charge is -2.37. The number of benzene rings is 5. The molecule has 2 nitrogen and oxygen atoms in total. The molecule has 0 N–H and O–H groups in total. The summed E-state index contributed by atoms with van der Waals surface area (Å²) < 4.78 is 0. The van der Waals surface area contributed by atoms with E-state index < -0.39 is 0 Å². The second-order valence-electron chi connectivity index (χ2n) is 11.2. The number of para-hydroxylation sites is 2. The van der Waals surface area contributed by atoms with Gasteiger partial charge >= 0.3 is 0 Å². The molecule has 6 rings (SSSR count). The summed E-state index contributed by atoms with van der Waals surface area (Å²) in [5.41, 5.74) is 8.77. The van der Waals surface area contributed by atoms with Crippen molar-refractivity contribution in [1.82, 2.24) is 4.90 Å². The zero-order chi connectivity index (χ0) is 25.8. The van der Waals surface area contributed by atoms with Crippen molar-refractivity contribution in [2.45, 2.75) is 38.8 Å². The van der Waals surface area contributed by atoms with Gasteiger partial charge in [-0.3, -0.25) is 4.90 Å². The maximum Gasteiger partial charge on any atom is 0.0546 e. The average Bonchev–Trinajstić information content (AvgIpc) is 3.06. The van der Waals surface area contributed by atoms with E-state index in [1.54, 1.807) is 0 Å². The Morgan fingerprint density at radius 1 is 0.541 bits per heavy atom. The van der Waals surface area contributed by atoms with E-state index in [4.69, 9.17) is 0 Å². The quantitative estimate of drug-likeness (QED) is 0.252. The fourth-order valence-electron chi connectivity index (χ4n) is 6.05. The molecule has 0 fully saturated rings. The summed E-state index contributed by atoms with van der Waals surface area (Å²) in [5, 5.41) is 2.48. The lowest BCUT2D eigenvalue weighted by atomic mass is 9.87. The SMILES string of the molecule is CN1C(C)(C)c2ccc(-c3cc(N(c4ccccc4)c4ccccc4)c4ccccc4c3)cc2C1(C)C. The molecule has 1 heterocycles. The van der Waals surface area contributed by atoms with Gasteiger partial charge in [0.2, 0.25) is 0 Å². The molecular weight excluding hydrogens is 448 g/mol. The molecule has 0 saturated carbocycles. The van der Waals surface area contributed by atoms with Crippen molar-refractivity contribution < 1.29 is 0 Å². The molecular formula is C35H34N2. The number of hydrogen-bond donors (Lipinski definition) is 0. The van der Waals surface area contributed by atoms with Gasteiger partial charge in [-0.25, -0.2) is 0 Å². The molecule has 184 valence electrons. The number of rotatable bonds is 4. The first kappa shape index (κ1) is 23.5. The van der Waals surface area contributed by atoms with Gasteiger partial charge in [-0.2, -0.15) is 0 Å². The predicted molar refractivity (Wildman–Crippen MR) is 158 cm³/mol. The van der Waals surface area contributed by atoms with Gasteiger partial charge in [0.1, 0.15) is 0 Å². The Kier molecular flexibility index (Phi) is 5.47. The molecule has 0 atom stereocenters. The Morgan fingerprint density at radius 2 is 1.11 bits per heavy atom. The summed E-state index contributed by atoms with van der Waals surface area (Å²) in [6.45, 7) is 9.32. The van der Waals surface area contributed by atoms with Crippen LogP contribution in [0.1, 0.15) is 38.8 Å². The molecule has 0 aromatic heterocycles. The lowest BCUT2D eigenvalue weighted by molar-refractivity contribution is 0.0730. The zero-order valence-corrected chi connectivity index (χ0v) is 22.4. The van der Waals surface area contributed by atoms with Crippen LogP contribution in [0.3, 0.4) is 0 Å². The van der Waals surface area contributed by atoms with Crippen LogP contribution in [0.25, 0.3) is 21.9 Å². The number of hydrogen-bond acceptors (Lipinski definition) is 2. The first-order valence-electron chi connectivity index (χ1n) is 13.1. The van der Waals surface area contributed by atoms with Gasteiger partial charge in [0, 0.05) is 27.8 Å². The van der Waals surface area contributed by atoms with E-state index >= 15 is 0 Å². The Balaban J connectivity index is 1.59. The normalized spacial score (nSPS) is 16.0. The summed E-state index contributed by atoms with van der Waals surface area (Å²) in [6.07, 6.45) is 0. The van der Waals surface area contributed by atoms with Gasteiger partial charge in [-0.1, -0.05) is 72.8 Å². The first-order valence-corrected chi connectivity index (χ1v) is 13.1. The number of anilines is 3. The minimum absolute atomic E-state index is 0.00330. The topological polar surface area (TPSA) is 6.48 Å². The molecule has 5 aromatic carbocycles. The van der Waals surface area contributed by atoms with E-state index in [1.807, 2.05) is 0 Å². The summed E-state index contributed by atoms with van der Waals surface area (Å²) >= 11 is 0. The smallest absolute Gasteiger partial charge is 0.0546 e. The highest BCUT2D eigenvalue weighted by Gasteiger charge is 2.46. The molecule has 5 aromatic rings. The van der Waals surface area contributed by atoms with E-state index in [1.165, 1.54) is 38.7 Å². The Bertz CT molecular complexity index is 1540. The van der Waals surface area contributed by atoms with Crippen LogP contribution in [-0.4, -0.2) is 11.9 Å². The molecule has 0 radical (unpaired) electrons. The zero-order valence-electron chi connectivity index (χ0n) is 22.4. The Labute approximate surface area is 220 Å². The Morgan fingerprint density at radius 3 is 1.76 bits per heavy atom. The third-order valence-electron chi connectivity index (χ3n) is 8.46. The van der Waals surface area contributed by atoms with E-state index in [-0.39, 0.29) is 11.1 Å². The molecule has 0 saturated heterocycles. The van der Waals surface area contributed by atoms with Crippen LogP contribution in [0.15, 0.2) is 115 Å². The third-order valence-corrected chi connectivity index (χ3v) is 8.46. The molecule has 0 amide bonds. The standard InChI is InChI=1S/C35H34N2/c1-34(2)31-21-20-25(23-32(31)35(3,4)36(34)5)27-22-26-14-12-13-19-30(26)33(24-27)37(28-15-8-6-9-16-28)29-17-10-7-11-18-29/h6-24H,1-5H3. The molecule has 0 bridgehead atoms. The molecule has 1 aliphatic heterocycles. The van der Waals surface area contributed by atoms with Crippen molar-refractivity contribution in [3.63, 3.8) is 0 Å². The van der Waals surface area contributed by atoms with Crippen molar-refractivity contribution >= 4 is 27.8 Å². The van der Waals surface area contributed by atoms with Gasteiger partial charge in [-0.05, 0) is 105 Å². The number of nitrogens with zero attached hydrogens (tertiary/aromatic N) is 2. The van der Waals surface area contributed by atoms with E-state index in [9.17, 15) is 0 Å². The van der Waals surface area contributed by atoms with E-state index in [2.05, 4.69) is 160 Å². The maximum absolute atomic E-state index is 2.49. The van der Waals surface area contributed by atoms with Crippen LogP contribution in [-0.2, 0) is 11.1 Å². The minimum atomic E-state index is -0.0331. The molecule has 0 spiro atoms. The largest absolute Gasteiger partial charge is 0.310 e. The average molecular weight is 483 g/mol. The van der Waals surface area contributed by atoms with Crippen LogP contribution < -0.4 is 4.90 Å². The van der Waals surface area contributed by atoms with Gasteiger partial charge in [0.15, 0.2) is 0 Å². The molecule has 0 unspecified atom stereocenters. The molecule has 1 aliphatic rings. The van der Waals surface area contributed by atoms with Gasteiger partial charge in [0.05, 0.1) is 5.69 Å².